The van der Waals surface area contributed by atoms with Crippen LogP contribution in [0.3, 0.4) is 0 Å². The van der Waals surface area contributed by atoms with E-state index < -0.39 is 0 Å². The van der Waals surface area contributed by atoms with Gasteiger partial charge in [0.25, 0.3) is 5.56 Å². The number of aromatic amines is 2. The third-order valence-electron chi connectivity index (χ3n) is 4.15. The lowest BCUT2D eigenvalue weighted by Gasteiger charge is -2.12. The highest BCUT2D eigenvalue weighted by molar-refractivity contribution is 5.73. The molecular formula is C20H18N4O2. The molecule has 26 heavy (non-hydrogen) atoms. The number of benzene rings is 2. The molecular weight excluding hydrogens is 328 g/mol. The van der Waals surface area contributed by atoms with Crippen molar-refractivity contribution < 1.29 is 4.74 Å². The number of fused-ring (bicyclic) bond motifs is 1. The molecule has 0 saturated carbocycles. The van der Waals surface area contributed by atoms with Crippen LogP contribution in [0, 0.1) is 0 Å². The zero-order valence-electron chi connectivity index (χ0n) is 14.3. The summed E-state index contributed by atoms with van der Waals surface area (Å²) in [7, 11) is 0. The quantitative estimate of drug-likeness (QED) is 0.581. The number of H-pyrrole nitrogens is 2. The Bertz CT molecular complexity index is 1100. The fourth-order valence-electron chi connectivity index (χ4n) is 2.95. The first kappa shape index (κ1) is 16.1. The highest BCUT2D eigenvalue weighted by atomic mass is 16.5. The van der Waals surface area contributed by atoms with E-state index in [9.17, 15) is 4.79 Å². The molecule has 2 aromatic carbocycles. The zero-order chi connectivity index (χ0) is 17.9. The van der Waals surface area contributed by atoms with Gasteiger partial charge in [-0.25, -0.2) is 9.97 Å². The van der Waals surface area contributed by atoms with E-state index in [4.69, 9.17) is 4.74 Å². The van der Waals surface area contributed by atoms with Gasteiger partial charge >= 0.3 is 0 Å². The molecule has 0 aliphatic heterocycles. The smallest absolute Gasteiger partial charge is 0.277 e. The topological polar surface area (TPSA) is 83.7 Å². The summed E-state index contributed by atoms with van der Waals surface area (Å²) >= 11 is 0. The van der Waals surface area contributed by atoms with Crippen LogP contribution in [0.2, 0.25) is 0 Å². The van der Waals surface area contributed by atoms with Crippen LogP contribution in [0.25, 0.3) is 22.6 Å². The number of aromatic nitrogens is 4. The Hall–Kier alpha value is -3.41. The van der Waals surface area contributed by atoms with E-state index in [0.717, 1.165) is 17.5 Å². The maximum absolute atomic E-state index is 12.2. The van der Waals surface area contributed by atoms with Gasteiger partial charge in [-0.05, 0) is 36.6 Å². The molecule has 0 aliphatic carbocycles. The molecule has 0 saturated heterocycles. The van der Waals surface area contributed by atoms with Crippen LogP contribution in [0.1, 0.15) is 18.1 Å². The number of nitrogens with one attached hydrogen (secondary N) is 2. The van der Waals surface area contributed by atoms with Crippen LogP contribution in [0.5, 0.6) is 5.75 Å². The molecule has 6 nitrogen and oxygen atoms in total. The average molecular weight is 346 g/mol. The Morgan fingerprint density at radius 2 is 1.92 bits per heavy atom. The van der Waals surface area contributed by atoms with Crippen molar-refractivity contribution in [2.24, 2.45) is 0 Å². The van der Waals surface area contributed by atoms with Gasteiger partial charge in [-0.15, -0.1) is 0 Å². The molecule has 2 heterocycles. The van der Waals surface area contributed by atoms with E-state index >= 15 is 0 Å². The summed E-state index contributed by atoms with van der Waals surface area (Å²) in [5.74, 6) is 1.14. The third-order valence-corrected chi connectivity index (χ3v) is 4.15. The second-order valence-electron chi connectivity index (χ2n) is 5.94. The van der Waals surface area contributed by atoms with E-state index in [2.05, 4.69) is 32.1 Å². The minimum Gasteiger partial charge on any atom is -0.493 e. The van der Waals surface area contributed by atoms with Crippen LogP contribution in [0.15, 0.2) is 59.7 Å². The minimum absolute atomic E-state index is 0.252. The Morgan fingerprint density at radius 1 is 1.08 bits per heavy atom. The summed E-state index contributed by atoms with van der Waals surface area (Å²) in [5, 5.41) is 0. The monoisotopic (exact) mass is 346 g/mol. The van der Waals surface area contributed by atoms with Gasteiger partial charge in [0.05, 0.1) is 18.5 Å². The SMILES string of the molecule is CCOc1cc(Cc2ccccc2)ccc1-c1nc2nc[nH]c2c(=O)[nH]1. The lowest BCUT2D eigenvalue weighted by atomic mass is 10.0. The summed E-state index contributed by atoms with van der Waals surface area (Å²) in [6, 6.07) is 16.2. The molecule has 0 radical (unpaired) electrons. The van der Waals surface area contributed by atoms with Crippen molar-refractivity contribution in [2.45, 2.75) is 13.3 Å². The second kappa shape index (κ2) is 6.84. The molecule has 4 aromatic rings. The Kier molecular flexibility index (Phi) is 4.23. The maximum atomic E-state index is 12.2. The number of rotatable bonds is 5. The normalized spacial score (nSPS) is 11.0. The van der Waals surface area contributed by atoms with Crippen molar-refractivity contribution in [3.8, 4) is 17.1 Å². The fourth-order valence-corrected chi connectivity index (χ4v) is 2.95. The van der Waals surface area contributed by atoms with Gasteiger partial charge in [-0.1, -0.05) is 36.4 Å². The molecule has 130 valence electrons. The van der Waals surface area contributed by atoms with Crippen molar-refractivity contribution in [1.82, 2.24) is 19.9 Å². The summed E-state index contributed by atoms with van der Waals surface area (Å²) in [5.41, 5.74) is 3.61. The molecule has 0 aliphatic rings. The van der Waals surface area contributed by atoms with E-state index in [1.165, 1.54) is 11.9 Å². The van der Waals surface area contributed by atoms with Gasteiger partial charge in [-0.3, -0.25) is 4.79 Å². The van der Waals surface area contributed by atoms with Crippen molar-refractivity contribution in [2.75, 3.05) is 6.61 Å². The molecule has 0 atom stereocenters. The molecule has 0 bridgehead atoms. The van der Waals surface area contributed by atoms with Gasteiger partial charge in [0.15, 0.2) is 11.2 Å². The predicted molar refractivity (Wildman–Crippen MR) is 100 cm³/mol. The number of imidazole rings is 1. The number of nitrogens with zero attached hydrogens (tertiary/aromatic N) is 2. The lowest BCUT2D eigenvalue weighted by Crippen LogP contribution is -2.10. The van der Waals surface area contributed by atoms with Crippen LogP contribution in [-0.2, 0) is 6.42 Å². The van der Waals surface area contributed by atoms with Crippen molar-refractivity contribution in [1.29, 1.82) is 0 Å². The first-order chi connectivity index (χ1) is 12.7. The maximum Gasteiger partial charge on any atom is 0.277 e. The van der Waals surface area contributed by atoms with Crippen molar-refractivity contribution in [3.05, 3.63) is 76.3 Å². The standard InChI is InChI=1S/C20H18N4O2/c1-2-26-16-11-14(10-13-6-4-3-5-7-13)8-9-15(16)18-23-19-17(20(25)24-18)21-12-22-19/h3-9,11-12H,2,10H2,1H3,(H2,21,22,23,24,25). The Balaban J connectivity index is 1.76. The van der Waals surface area contributed by atoms with E-state index in [1.807, 2.05) is 43.3 Å². The van der Waals surface area contributed by atoms with Gasteiger partial charge in [0, 0.05) is 0 Å². The second-order valence-corrected chi connectivity index (χ2v) is 5.94. The van der Waals surface area contributed by atoms with Crippen LogP contribution in [-0.4, -0.2) is 26.5 Å². The van der Waals surface area contributed by atoms with Gasteiger partial charge in [-0.2, -0.15) is 0 Å². The Morgan fingerprint density at radius 3 is 2.73 bits per heavy atom. The van der Waals surface area contributed by atoms with Crippen molar-refractivity contribution >= 4 is 11.2 Å². The summed E-state index contributed by atoms with van der Waals surface area (Å²) in [4.78, 5) is 26.3. The minimum atomic E-state index is -0.252. The summed E-state index contributed by atoms with van der Waals surface area (Å²) in [6.07, 6.45) is 2.27. The highest BCUT2D eigenvalue weighted by Crippen LogP contribution is 2.29. The lowest BCUT2D eigenvalue weighted by molar-refractivity contribution is 0.341. The summed E-state index contributed by atoms with van der Waals surface area (Å²) < 4.78 is 5.81. The van der Waals surface area contributed by atoms with E-state index in [1.54, 1.807) is 0 Å². The van der Waals surface area contributed by atoms with Crippen LogP contribution < -0.4 is 10.3 Å². The molecule has 4 rings (SSSR count). The molecule has 0 fully saturated rings. The first-order valence-corrected chi connectivity index (χ1v) is 8.48. The van der Waals surface area contributed by atoms with Crippen LogP contribution >= 0.6 is 0 Å². The summed E-state index contributed by atoms with van der Waals surface area (Å²) in [6.45, 7) is 2.46. The van der Waals surface area contributed by atoms with Crippen molar-refractivity contribution in [3.63, 3.8) is 0 Å². The zero-order valence-corrected chi connectivity index (χ0v) is 14.3. The van der Waals surface area contributed by atoms with Gasteiger partial charge in [0.2, 0.25) is 0 Å². The number of hydrogen-bond donors (Lipinski definition) is 2. The number of hydrogen-bond acceptors (Lipinski definition) is 4. The largest absolute Gasteiger partial charge is 0.493 e. The van der Waals surface area contributed by atoms with Gasteiger partial charge < -0.3 is 14.7 Å². The average Bonchev–Trinajstić information content (AvgIpc) is 3.12. The molecule has 0 unspecified atom stereocenters. The first-order valence-electron chi connectivity index (χ1n) is 8.48. The molecule has 0 spiro atoms. The fraction of sp³-hybridized carbons (Fsp3) is 0.150. The third kappa shape index (κ3) is 3.09. The molecule has 6 heteroatoms. The highest BCUT2D eigenvalue weighted by Gasteiger charge is 2.13. The molecule has 2 aromatic heterocycles. The van der Waals surface area contributed by atoms with E-state index in [-0.39, 0.29) is 5.56 Å². The van der Waals surface area contributed by atoms with E-state index in [0.29, 0.717) is 29.3 Å². The van der Waals surface area contributed by atoms with Gasteiger partial charge in [0.1, 0.15) is 11.6 Å². The van der Waals surface area contributed by atoms with Crippen LogP contribution in [0.4, 0.5) is 0 Å². The molecule has 0 amide bonds. The number of ether oxygens (including phenoxy) is 1. The predicted octanol–water partition coefficient (Wildman–Crippen LogP) is 3.30. The Labute approximate surface area is 149 Å². The molecule has 2 N–H and O–H groups in total.